The summed E-state index contributed by atoms with van der Waals surface area (Å²) in [6.07, 6.45) is 0.752. The van der Waals surface area contributed by atoms with Crippen LogP contribution in [0.3, 0.4) is 0 Å². The average Bonchev–Trinajstić information content (AvgIpc) is 2.70. The Kier molecular flexibility index (Phi) is 3.31. The molecule has 2 aromatic rings. The number of nitrogen functional groups attached to an aromatic ring is 2. The van der Waals surface area contributed by atoms with Crippen LogP contribution in [-0.4, -0.2) is 29.3 Å². The molecule has 0 radical (unpaired) electrons. The van der Waals surface area contributed by atoms with E-state index in [1.54, 1.807) is 7.11 Å². The van der Waals surface area contributed by atoms with E-state index in [2.05, 4.69) is 20.3 Å². The minimum absolute atomic E-state index is 0.141. The molecular formula is C14H16N6O. The molecule has 0 atom stereocenters. The predicted molar refractivity (Wildman–Crippen MR) is 83.2 cm³/mol. The number of fused-ring (bicyclic) bond motifs is 1. The Morgan fingerprint density at radius 1 is 1.14 bits per heavy atom. The summed E-state index contributed by atoms with van der Waals surface area (Å²) in [6.45, 7) is 0.702. The van der Waals surface area contributed by atoms with Crippen LogP contribution in [0, 0.1) is 0 Å². The van der Waals surface area contributed by atoms with Crippen LogP contribution in [0.5, 0.6) is 5.75 Å². The third-order valence-corrected chi connectivity index (χ3v) is 3.25. The monoisotopic (exact) mass is 284 g/mol. The normalized spacial score (nSPS) is 13.7. The Labute approximate surface area is 122 Å². The van der Waals surface area contributed by atoms with Crippen LogP contribution in [-0.2, 0) is 0 Å². The second-order valence-electron chi connectivity index (χ2n) is 4.63. The highest BCUT2D eigenvalue weighted by molar-refractivity contribution is 6.04. The van der Waals surface area contributed by atoms with Crippen molar-refractivity contribution in [1.82, 2.24) is 9.97 Å². The Hall–Kier alpha value is -2.83. The molecule has 0 unspecified atom stereocenters. The molecular weight excluding hydrogens is 268 g/mol. The molecule has 1 aromatic heterocycles. The van der Waals surface area contributed by atoms with Gasteiger partial charge in [-0.15, -0.1) is 0 Å². The number of methoxy groups -OCH3 is 1. The van der Waals surface area contributed by atoms with Crippen molar-refractivity contribution < 1.29 is 4.74 Å². The maximum Gasteiger partial charge on any atom is 0.224 e. The fourth-order valence-electron chi connectivity index (χ4n) is 2.21. The van der Waals surface area contributed by atoms with Gasteiger partial charge in [0, 0.05) is 13.0 Å². The Bertz CT molecular complexity index is 695. The highest BCUT2D eigenvalue weighted by Crippen LogP contribution is 2.32. The van der Waals surface area contributed by atoms with Crippen molar-refractivity contribution in [2.75, 3.05) is 30.4 Å². The zero-order valence-corrected chi connectivity index (χ0v) is 11.6. The summed E-state index contributed by atoms with van der Waals surface area (Å²) in [7, 11) is 1.64. The number of nitrogens with zero attached hydrogens (tertiary/aromatic N) is 3. The van der Waals surface area contributed by atoms with Crippen LogP contribution in [0.25, 0.3) is 0 Å². The third-order valence-electron chi connectivity index (χ3n) is 3.25. The summed E-state index contributed by atoms with van der Waals surface area (Å²) >= 11 is 0. The maximum atomic E-state index is 5.90. The summed E-state index contributed by atoms with van der Waals surface area (Å²) in [4.78, 5) is 12.7. The Morgan fingerprint density at radius 3 is 2.62 bits per heavy atom. The van der Waals surface area contributed by atoms with Gasteiger partial charge in [0.15, 0.2) is 11.6 Å². The Balaban J connectivity index is 2.04. The minimum atomic E-state index is 0.141. The molecule has 0 aliphatic carbocycles. The second kappa shape index (κ2) is 5.28. The van der Waals surface area contributed by atoms with E-state index in [9.17, 15) is 0 Å². The molecule has 0 bridgehead atoms. The topological polar surface area (TPSA) is 111 Å². The van der Waals surface area contributed by atoms with Gasteiger partial charge in [-0.3, -0.25) is 0 Å². The molecule has 7 heteroatoms. The van der Waals surface area contributed by atoms with Crippen molar-refractivity contribution in [1.29, 1.82) is 0 Å². The lowest BCUT2D eigenvalue weighted by Crippen LogP contribution is -2.08. The summed E-state index contributed by atoms with van der Waals surface area (Å²) in [6, 6.07) is 7.74. The predicted octanol–water partition coefficient (Wildman–Crippen LogP) is 1.59. The molecule has 0 saturated carbocycles. The van der Waals surface area contributed by atoms with E-state index in [4.69, 9.17) is 16.2 Å². The van der Waals surface area contributed by atoms with Gasteiger partial charge in [-0.1, -0.05) is 0 Å². The highest BCUT2D eigenvalue weighted by atomic mass is 16.5. The number of nitrogens with one attached hydrogen (secondary N) is 1. The van der Waals surface area contributed by atoms with Crippen molar-refractivity contribution in [3.63, 3.8) is 0 Å². The largest absolute Gasteiger partial charge is 0.497 e. The molecule has 1 aromatic carbocycles. The molecule has 3 rings (SSSR count). The summed E-state index contributed by atoms with van der Waals surface area (Å²) in [5.74, 6) is 1.80. The molecule has 108 valence electrons. The van der Waals surface area contributed by atoms with Gasteiger partial charge in [-0.05, 0) is 29.8 Å². The van der Waals surface area contributed by atoms with Gasteiger partial charge in [-0.2, -0.15) is 9.97 Å². The van der Waals surface area contributed by atoms with Gasteiger partial charge in [0.1, 0.15) is 11.4 Å². The van der Waals surface area contributed by atoms with Crippen LogP contribution in [0.15, 0.2) is 29.3 Å². The second-order valence-corrected chi connectivity index (χ2v) is 4.63. The van der Waals surface area contributed by atoms with Crippen LogP contribution < -0.4 is 21.5 Å². The molecule has 21 heavy (non-hydrogen) atoms. The number of hydrogen-bond acceptors (Lipinski definition) is 7. The number of benzene rings is 1. The van der Waals surface area contributed by atoms with Crippen molar-refractivity contribution in [3.8, 4) is 5.75 Å². The van der Waals surface area contributed by atoms with E-state index < -0.39 is 0 Å². The standard InChI is InChI=1S/C14H16N6O/c1-21-9-4-2-8(3-5-9)10-6-7-17-13-11(18-10)12(15)19-14(16)20-13/h2-5H,6-7H2,1H3,(H5,15,16,17,19,20). The first-order valence-electron chi connectivity index (χ1n) is 6.56. The van der Waals surface area contributed by atoms with Crippen LogP contribution in [0.4, 0.5) is 23.3 Å². The van der Waals surface area contributed by atoms with Crippen LogP contribution >= 0.6 is 0 Å². The first-order valence-corrected chi connectivity index (χ1v) is 6.56. The fourth-order valence-corrected chi connectivity index (χ4v) is 2.21. The minimum Gasteiger partial charge on any atom is -0.497 e. The van der Waals surface area contributed by atoms with E-state index in [-0.39, 0.29) is 11.8 Å². The SMILES string of the molecule is COc1ccc(C2=Nc3c(N)nc(N)nc3NCC2)cc1. The van der Waals surface area contributed by atoms with Crippen LogP contribution in [0.1, 0.15) is 12.0 Å². The van der Waals surface area contributed by atoms with E-state index in [0.717, 1.165) is 23.4 Å². The molecule has 7 nitrogen and oxygen atoms in total. The van der Waals surface area contributed by atoms with Crippen molar-refractivity contribution >= 4 is 29.0 Å². The van der Waals surface area contributed by atoms with Gasteiger partial charge in [-0.25, -0.2) is 4.99 Å². The fraction of sp³-hybridized carbons (Fsp3) is 0.214. The molecule has 1 aliphatic rings. The van der Waals surface area contributed by atoms with E-state index in [1.165, 1.54) is 0 Å². The molecule has 1 aliphatic heterocycles. The maximum absolute atomic E-state index is 5.90. The van der Waals surface area contributed by atoms with Crippen molar-refractivity contribution in [2.45, 2.75) is 6.42 Å². The molecule has 2 heterocycles. The van der Waals surface area contributed by atoms with Gasteiger partial charge in [0.2, 0.25) is 5.95 Å². The highest BCUT2D eigenvalue weighted by Gasteiger charge is 2.16. The van der Waals surface area contributed by atoms with E-state index >= 15 is 0 Å². The molecule has 0 saturated heterocycles. The number of aromatic nitrogens is 2. The number of rotatable bonds is 2. The average molecular weight is 284 g/mol. The lowest BCUT2D eigenvalue weighted by molar-refractivity contribution is 0.415. The molecule has 0 spiro atoms. The zero-order valence-electron chi connectivity index (χ0n) is 11.6. The lowest BCUT2D eigenvalue weighted by Gasteiger charge is -2.06. The van der Waals surface area contributed by atoms with E-state index in [0.29, 0.717) is 18.1 Å². The summed E-state index contributed by atoms with van der Waals surface area (Å²) in [5, 5.41) is 3.18. The Morgan fingerprint density at radius 2 is 1.90 bits per heavy atom. The van der Waals surface area contributed by atoms with Gasteiger partial charge in [0.05, 0.1) is 12.8 Å². The summed E-state index contributed by atoms with van der Waals surface area (Å²) < 4.78 is 5.16. The van der Waals surface area contributed by atoms with Crippen LogP contribution in [0.2, 0.25) is 0 Å². The van der Waals surface area contributed by atoms with Crippen molar-refractivity contribution in [2.24, 2.45) is 4.99 Å². The number of nitrogens with two attached hydrogens (primary N) is 2. The van der Waals surface area contributed by atoms with Gasteiger partial charge >= 0.3 is 0 Å². The lowest BCUT2D eigenvalue weighted by atomic mass is 10.1. The first kappa shape index (κ1) is 13.2. The third kappa shape index (κ3) is 2.58. The van der Waals surface area contributed by atoms with E-state index in [1.807, 2.05) is 24.3 Å². The number of ether oxygens (including phenoxy) is 1. The zero-order chi connectivity index (χ0) is 14.8. The quantitative estimate of drug-likeness (QED) is 0.772. The molecule has 5 N–H and O–H groups in total. The van der Waals surface area contributed by atoms with Gasteiger partial charge in [0.25, 0.3) is 0 Å². The number of aliphatic imine (C=N–C) groups is 1. The van der Waals surface area contributed by atoms with Crippen molar-refractivity contribution in [3.05, 3.63) is 29.8 Å². The molecule has 0 fully saturated rings. The number of anilines is 3. The summed E-state index contributed by atoms with van der Waals surface area (Å²) in [5.41, 5.74) is 14.0. The smallest absolute Gasteiger partial charge is 0.224 e. The van der Waals surface area contributed by atoms with Gasteiger partial charge < -0.3 is 21.5 Å². The first-order chi connectivity index (χ1) is 10.2. The molecule has 0 amide bonds. The number of hydrogen-bond donors (Lipinski definition) is 3.